The van der Waals surface area contributed by atoms with Gasteiger partial charge in [0.05, 0.1) is 15.9 Å². The number of carbonyl (C=O) groups is 1. The minimum Gasteiger partial charge on any atom is -0.477 e. The van der Waals surface area contributed by atoms with Crippen LogP contribution in [0.5, 0.6) is 0 Å². The van der Waals surface area contributed by atoms with Crippen LogP contribution in [0.25, 0.3) is 22.0 Å². The van der Waals surface area contributed by atoms with Crippen LogP contribution in [0.3, 0.4) is 0 Å². The zero-order chi connectivity index (χ0) is 24.6. The standard InChI is InChI=1S/C23H23ClFN3O5S/c1-2-3-4-9-27-34(32,33)18-8-5-13(11-26-18)19-17(25)10-15-21(20(19)24)28(14-6-7-14)12-16(22(15)29)23(30)31/h5,8,10-12,14,27H,2-4,6-7,9H2,1H3,(H,30,31). The largest absolute Gasteiger partial charge is 0.477 e. The van der Waals surface area contributed by atoms with Crippen molar-refractivity contribution in [1.82, 2.24) is 14.3 Å². The lowest BCUT2D eigenvalue weighted by Crippen LogP contribution is -2.25. The Balaban J connectivity index is 1.78. The number of unbranched alkanes of at least 4 members (excludes halogenated alkanes) is 2. The van der Waals surface area contributed by atoms with Crippen LogP contribution in [0.1, 0.15) is 55.4 Å². The van der Waals surface area contributed by atoms with Gasteiger partial charge in [0.2, 0.25) is 5.43 Å². The molecule has 2 aromatic heterocycles. The van der Waals surface area contributed by atoms with E-state index in [1.165, 1.54) is 24.5 Å². The number of carboxylic acid groups (broad SMARTS) is 1. The van der Waals surface area contributed by atoms with Gasteiger partial charge in [0.25, 0.3) is 10.0 Å². The average molecular weight is 508 g/mol. The van der Waals surface area contributed by atoms with E-state index in [2.05, 4.69) is 9.71 Å². The summed E-state index contributed by atoms with van der Waals surface area (Å²) in [6, 6.07) is 3.60. The number of carboxylic acids is 1. The number of hydrogen-bond acceptors (Lipinski definition) is 5. The van der Waals surface area contributed by atoms with Crippen molar-refractivity contribution in [2.45, 2.75) is 50.1 Å². The molecule has 2 heterocycles. The van der Waals surface area contributed by atoms with E-state index in [1.54, 1.807) is 4.57 Å². The van der Waals surface area contributed by atoms with Crippen LogP contribution < -0.4 is 10.2 Å². The summed E-state index contributed by atoms with van der Waals surface area (Å²) in [5.74, 6) is -2.24. The highest BCUT2D eigenvalue weighted by atomic mass is 35.5. The minimum absolute atomic E-state index is 0.0403. The van der Waals surface area contributed by atoms with E-state index in [0.717, 1.165) is 31.7 Å². The molecule has 1 aromatic carbocycles. The SMILES string of the molecule is CCCCCNS(=O)(=O)c1ccc(-c2c(F)cc3c(=O)c(C(=O)O)cn(C4CC4)c3c2Cl)cn1. The van der Waals surface area contributed by atoms with Gasteiger partial charge in [-0.15, -0.1) is 0 Å². The van der Waals surface area contributed by atoms with E-state index in [1.807, 2.05) is 6.92 Å². The van der Waals surface area contributed by atoms with E-state index in [4.69, 9.17) is 11.6 Å². The summed E-state index contributed by atoms with van der Waals surface area (Å²) in [6.07, 6.45) is 6.57. The molecule has 0 unspecified atom stereocenters. The number of pyridine rings is 2. The van der Waals surface area contributed by atoms with Crippen LogP contribution in [0, 0.1) is 5.82 Å². The van der Waals surface area contributed by atoms with Gasteiger partial charge in [-0.25, -0.2) is 27.3 Å². The highest BCUT2D eigenvalue weighted by molar-refractivity contribution is 7.89. The lowest BCUT2D eigenvalue weighted by molar-refractivity contribution is 0.0694. The smallest absolute Gasteiger partial charge is 0.341 e. The van der Waals surface area contributed by atoms with Gasteiger partial charge in [0, 0.05) is 36.1 Å². The third-order valence-electron chi connectivity index (χ3n) is 5.75. The van der Waals surface area contributed by atoms with Gasteiger partial charge in [-0.2, -0.15) is 0 Å². The summed E-state index contributed by atoms with van der Waals surface area (Å²) < 4.78 is 44.1. The Morgan fingerprint density at radius 2 is 2.06 bits per heavy atom. The second-order valence-corrected chi connectivity index (χ2v) is 10.3. The van der Waals surface area contributed by atoms with E-state index < -0.39 is 32.8 Å². The molecular formula is C23H23ClFN3O5S. The number of aromatic nitrogens is 2. The first-order valence-electron chi connectivity index (χ1n) is 10.9. The fraction of sp³-hybridized carbons (Fsp3) is 0.348. The molecule has 34 heavy (non-hydrogen) atoms. The van der Waals surface area contributed by atoms with Crippen molar-refractivity contribution in [1.29, 1.82) is 0 Å². The molecular weight excluding hydrogens is 485 g/mol. The van der Waals surface area contributed by atoms with Gasteiger partial charge in [0.1, 0.15) is 11.4 Å². The van der Waals surface area contributed by atoms with Gasteiger partial charge in [-0.3, -0.25) is 4.79 Å². The van der Waals surface area contributed by atoms with Gasteiger partial charge < -0.3 is 9.67 Å². The Morgan fingerprint density at radius 1 is 1.32 bits per heavy atom. The molecule has 0 atom stereocenters. The van der Waals surface area contributed by atoms with E-state index in [9.17, 15) is 23.1 Å². The number of hydrogen-bond donors (Lipinski definition) is 2. The third-order valence-corrected chi connectivity index (χ3v) is 7.50. The summed E-state index contributed by atoms with van der Waals surface area (Å²) in [5, 5.41) is 9.00. The van der Waals surface area contributed by atoms with Crippen LogP contribution in [-0.4, -0.2) is 35.6 Å². The molecule has 180 valence electrons. The number of benzene rings is 1. The summed E-state index contributed by atoms with van der Waals surface area (Å²) in [7, 11) is -3.81. The van der Waals surface area contributed by atoms with Gasteiger partial charge >= 0.3 is 5.97 Å². The zero-order valence-electron chi connectivity index (χ0n) is 18.3. The predicted molar refractivity (Wildman–Crippen MR) is 126 cm³/mol. The number of rotatable bonds is 9. The first kappa shape index (κ1) is 24.3. The lowest BCUT2D eigenvalue weighted by atomic mass is 10.0. The molecule has 2 N–H and O–H groups in total. The van der Waals surface area contributed by atoms with E-state index in [0.29, 0.717) is 13.0 Å². The van der Waals surface area contributed by atoms with Crippen molar-refractivity contribution in [2.24, 2.45) is 0 Å². The Bertz CT molecular complexity index is 1430. The molecule has 1 aliphatic carbocycles. The van der Waals surface area contributed by atoms with Crippen LogP contribution in [-0.2, 0) is 10.0 Å². The average Bonchev–Trinajstić information content (AvgIpc) is 3.63. The van der Waals surface area contributed by atoms with Crippen molar-refractivity contribution >= 4 is 38.5 Å². The molecule has 0 amide bonds. The molecule has 0 spiro atoms. The van der Waals surface area contributed by atoms with Crippen molar-refractivity contribution < 1.29 is 22.7 Å². The maximum atomic E-state index is 15.2. The molecule has 0 radical (unpaired) electrons. The topological polar surface area (TPSA) is 118 Å². The fourth-order valence-electron chi connectivity index (χ4n) is 3.84. The third kappa shape index (κ3) is 4.57. The highest BCUT2D eigenvalue weighted by Gasteiger charge is 2.29. The predicted octanol–water partition coefficient (Wildman–Crippen LogP) is 4.36. The van der Waals surface area contributed by atoms with E-state index >= 15 is 4.39 Å². The number of fused-ring (bicyclic) bond motifs is 1. The second kappa shape index (κ2) is 9.44. The Labute approximate surface area is 200 Å². The summed E-state index contributed by atoms with van der Waals surface area (Å²) in [5.41, 5.74) is -0.847. The number of nitrogens with zero attached hydrogens (tertiary/aromatic N) is 2. The van der Waals surface area contributed by atoms with Crippen LogP contribution >= 0.6 is 11.6 Å². The number of halogens is 2. The number of aromatic carboxylic acids is 1. The van der Waals surface area contributed by atoms with Crippen molar-refractivity contribution in [3.8, 4) is 11.1 Å². The quantitative estimate of drug-likeness (QED) is 0.415. The van der Waals surface area contributed by atoms with Crippen molar-refractivity contribution in [2.75, 3.05) is 6.54 Å². The lowest BCUT2D eigenvalue weighted by Gasteiger charge is -2.16. The molecule has 1 aliphatic rings. The number of nitrogens with one attached hydrogen (secondary N) is 1. The first-order valence-corrected chi connectivity index (χ1v) is 12.8. The summed E-state index contributed by atoms with van der Waals surface area (Å²) >= 11 is 6.58. The van der Waals surface area contributed by atoms with Crippen LogP contribution in [0.4, 0.5) is 4.39 Å². The first-order chi connectivity index (χ1) is 16.2. The molecule has 0 bridgehead atoms. The molecule has 0 aliphatic heterocycles. The van der Waals surface area contributed by atoms with Gasteiger partial charge in [-0.05, 0) is 37.5 Å². The maximum absolute atomic E-state index is 15.2. The Morgan fingerprint density at radius 3 is 2.65 bits per heavy atom. The minimum atomic E-state index is -3.81. The maximum Gasteiger partial charge on any atom is 0.341 e. The molecule has 4 rings (SSSR count). The zero-order valence-corrected chi connectivity index (χ0v) is 19.9. The molecule has 11 heteroatoms. The van der Waals surface area contributed by atoms with Gasteiger partial charge in [-0.1, -0.05) is 31.4 Å². The van der Waals surface area contributed by atoms with Gasteiger partial charge in [0.15, 0.2) is 5.03 Å². The van der Waals surface area contributed by atoms with E-state index in [-0.39, 0.29) is 38.1 Å². The summed E-state index contributed by atoms with van der Waals surface area (Å²) in [6.45, 7) is 2.31. The second-order valence-electron chi connectivity index (χ2n) is 8.25. The highest BCUT2D eigenvalue weighted by Crippen LogP contribution is 2.42. The normalized spacial score (nSPS) is 14.0. The Kier molecular flexibility index (Phi) is 6.75. The molecule has 1 saturated carbocycles. The van der Waals surface area contributed by atoms with Crippen LogP contribution in [0.2, 0.25) is 5.02 Å². The molecule has 8 nitrogen and oxygen atoms in total. The molecule has 1 fully saturated rings. The molecule has 0 saturated heterocycles. The summed E-state index contributed by atoms with van der Waals surface area (Å²) in [4.78, 5) is 28.2. The van der Waals surface area contributed by atoms with Crippen molar-refractivity contribution in [3.63, 3.8) is 0 Å². The Hall–Kier alpha value is -2.82. The monoisotopic (exact) mass is 507 g/mol. The number of sulfonamides is 1. The van der Waals surface area contributed by atoms with Crippen LogP contribution in [0.15, 0.2) is 40.4 Å². The van der Waals surface area contributed by atoms with Crippen molar-refractivity contribution in [3.05, 3.63) is 57.2 Å². The fourth-order valence-corrected chi connectivity index (χ4v) is 5.24. The molecule has 3 aromatic rings.